The number of nitrogens with one attached hydrogen (secondary N) is 1. The Morgan fingerprint density at radius 3 is 2.50 bits per heavy atom. The predicted molar refractivity (Wildman–Crippen MR) is 140 cm³/mol. The second kappa shape index (κ2) is 11.4. The molecule has 186 valence electrons. The topological polar surface area (TPSA) is 78.8 Å². The number of aromatic nitrogens is 1. The van der Waals surface area contributed by atoms with Gasteiger partial charge in [-0.2, -0.15) is 0 Å². The SMILES string of the molecule is CCOC(=O)c1c(C)n(CCc2ccccc2)c2ccc(OCC(=O)Nc3cccc(OC)c3)cc12. The van der Waals surface area contributed by atoms with Gasteiger partial charge in [0, 0.05) is 34.9 Å². The zero-order chi connectivity index (χ0) is 25.5. The summed E-state index contributed by atoms with van der Waals surface area (Å²) in [6.45, 7) is 4.55. The number of methoxy groups -OCH3 is 1. The minimum absolute atomic E-state index is 0.175. The number of ether oxygens (including phenoxy) is 3. The van der Waals surface area contributed by atoms with Crippen LogP contribution in [-0.2, 0) is 22.5 Å². The van der Waals surface area contributed by atoms with E-state index in [1.165, 1.54) is 5.56 Å². The molecule has 1 heterocycles. The van der Waals surface area contributed by atoms with Crippen molar-refractivity contribution in [3.8, 4) is 11.5 Å². The van der Waals surface area contributed by atoms with E-state index >= 15 is 0 Å². The largest absolute Gasteiger partial charge is 0.497 e. The Labute approximate surface area is 210 Å². The summed E-state index contributed by atoms with van der Waals surface area (Å²) in [5.74, 6) is 0.476. The fraction of sp³-hybridized carbons (Fsp3) is 0.241. The molecule has 7 nitrogen and oxygen atoms in total. The number of hydrogen-bond acceptors (Lipinski definition) is 5. The second-order valence-corrected chi connectivity index (χ2v) is 8.32. The Balaban J connectivity index is 1.55. The van der Waals surface area contributed by atoms with Gasteiger partial charge in [-0.05, 0) is 56.2 Å². The lowest BCUT2D eigenvalue weighted by atomic mass is 10.1. The molecule has 7 heteroatoms. The van der Waals surface area contributed by atoms with E-state index in [0.717, 1.165) is 29.6 Å². The first-order valence-corrected chi connectivity index (χ1v) is 11.9. The Hall–Kier alpha value is -4.26. The predicted octanol–water partition coefficient (Wildman–Crippen LogP) is 5.40. The third-order valence-corrected chi connectivity index (χ3v) is 5.96. The van der Waals surface area contributed by atoms with E-state index < -0.39 is 0 Å². The van der Waals surface area contributed by atoms with Gasteiger partial charge in [-0.1, -0.05) is 36.4 Å². The standard InChI is InChI=1S/C29H30N2O5/c1-4-35-29(33)28-20(2)31(16-15-21-9-6-5-7-10-21)26-14-13-24(18-25(26)28)36-19-27(32)30-22-11-8-12-23(17-22)34-3/h5-14,17-18H,4,15-16,19H2,1-3H3,(H,30,32). The summed E-state index contributed by atoms with van der Waals surface area (Å²) < 4.78 is 18.4. The molecule has 0 aliphatic carbocycles. The Bertz CT molecular complexity index is 1360. The molecule has 0 radical (unpaired) electrons. The van der Waals surface area contributed by atoms with Gasteiger partial charge < -0.3 is 24.1 Å². The normalized spacial score (nSPS) is 10.8. The van der Waals surface area contributed by atoms with Gasteiger partial charge in [0.15, 0.2) is 6.61 Å². The zero-order valence-corrected chi connectivity index (χ0v) is 20.7. The highest BCUT2D eigenvalue weighted by Crippen LogP contribution is 2.30. The lowest BCUT2D eigenvalue weighted by Gasteiger charge is -2.10. The van der Waals surface area contributed by atoms with Crippen LogP contribution in [0, 0.1) is 6.92 Å². The van der Waals surface area contributed by atoms with Crippen LogP contribution in [0.5, 0.6) is 11.5 Å². The average molecular weight is 487 g/mol. The monoisotopic (exact) mass is 486 g/mol. The molecule has 0 unspecified atom stereocenters. The second-order valence-electron chi connectivity index (χ2n) is 8.32. The maximum atomic E-state index is 12.8. The number of rotatable bonds is 10. The number of amides is 1. The van der Waals surface area contributed by atoms with Gasteiger partial charge in [0.1, 0.15) is 11.5 Å². The first-order valence-electron chi connectivity index (χ1n) is 11.9. The molecule has 0 atom stereocenters. The van der Waals surface area contributed by atoms with Crippen molar-refractivity contribution in [2.24, 2.45) is 0 Å². The molecule has 1 aromatic heterocycles. The highest BCUT2D eigenvalue weighted by atomic mass is 16.5. The molecule has 0 aliphatic heterocycles. The van der Waals surface area contributed by atoms with Crippen LogP contribution in [0.4, 0.5) is 5.69 Å². The van der Waals surface area contributed by atoms with Crippen LogP contribution < -0.4 is 14.8 Å². The van der Waals surface area contributed by atoms with Crippen LogP contribution in [-0.4, -0.2) is 36.8 Å². The first-order chi connectivity index (χ1) is 17.5. The van der Waals surface area contributed by atoms with E-state index in [-0.39, 0.29) is 25.1 Å². The number of fused-ring (bicyclic) bond motifs is 1. The number of esters is 1. The molecular formula is C29H30N2O5. The molecule has 1 N–H and O–H groups in total. The molecule has 36 heavy (non-hydrogen) atoms. The van der Waals surface area contributed by atoms with Crippen molar-refractivity contribution in [2.75, 3.05) is 25.6 Å². The van der Waals surface area contributed by atoms with Gasteiger partial charge in [-0.15, -0.1) is 0 Å². The summed E-state index contributed by atoms with van der Waals surface area (Å²) in [6, 6.07) is 22.9. The van der Waals surface area contributed by atoms with Crippen molar-refractivity contribution in [1.29, 1.82) is 0 Å². The Morgan fingerprint density at radius 2 is 1.75 bits per heavy atom. The van der Waals surface area contributed by atoms with Crippen LogP contribution in [0.3, 0.4) is 0 Å². The molecule has 0 spiro atoms. The van der Waals surface area contributed by atoms with Gasteiger partial charge >= 0.3 is 5.97 Å². The van der Waals surface area contributed by atoms with E-state index in [0.29, 0.717) is 22.7 Å². The van der Waals surface area contributed by atoms with Crippen molar-refractivity contribution in [2.45, 2.75) is 26.8 Å². The molecule has 4 aromatic rings. The number of aryl methyl sites for hydroxylation is 2. The summed E-state index contributed by atoms with van der Waals surface area (Å²) >= 11 is 0. The van der Waals surface area contributed by atoms with Crippen LogP contribution >= 0.6 is 0 Å². The molecule has 0 saturated carbocycles. The van der Waals surface area contributed by atoms with E-state index in [1.807, 2.05) is 37.3 Å². The van der Waals surface area contributed by atoms with Gasteiger partial charge in [-0.3, -0.25) is 4.79 Å². The molecule has 0 saturated heterocycles. The first kappa shape index (κ1) is 24.9. The summed E-state index contributed by atoms with van der Waals surface area (Å²) in [7, 11) is 1.57. The molecule has 0 aliphatic rings. The summed E-state index contributed by atoms with van der Waals surface area (Å²) in [5, 5.41) is 3.53. The fourth-order valence-corrected chi connectivity index (χ4v) is 4.23. The average Bonchev–Trinajstić information content (AvgIpc) is 3.17. The number of anilines is 1. The van der Waals surface area contributed by atoms with Crippen LogP contribution in [0.15, 0.2) is 72.8 Å². The molecule has 3 aromatic carbocycles. The van der Waals surface area contributed by atoms with Crippen molar-refractivity contribution >= 4 is 28.5 Å². The number of hydrogen-bond donors (Lipinski definition) is 1. The van der Waals surface area contributed by atoms with Gasteiger partial charge in [0.05, 0.1) is 19.3 Å². The molecule has 4 rings (SSSR count). The van der Waals surface area contributed by atoms with E-state index in [2.05, 4.69) is 22.0 Å². The number of carbonyl (C=O) groups excluding carboxylic acids is 2. The van der Waals surface area contributed by atoms with Crippen LogP contribution in [0.1, 0.15) is 28.5 Å². The lowest BCUT2D eigenvalue weighted by molar-refractivity contribution is -0.118. The van der Waals surface area contributed by atoms with E-state index in [9.17, 15) is 9.59 Å². The molecular weight excluding hydrogens is 456 g/mol. The summed E-state index contributed by atoms with van der Waals surface area (Å²) in [6.07, 6.45) is 0.830. The number of carbonyl (C=O) groups is 2. The molecule has 1 amide bonds. The number of benzene rings is 3. The third kappa shape index (κ3) is 5.68. The van der Waals surface area contributed by atoms with Crippen molar-refractivity contribution in [3.05, 3.63) is 89.6 Å². The number of nitrogens with zero attached hydrogens (tertiary/aromatic N) is 1. The lowest BCUT2D eigenvalue weighted by Crippen LogP contribution is -2.20. The van der Waals surface area contributed by atoms with Crippen molar-refractivity contribution < 1.29 is 23.8 Å². The maximum absolute atomic E-state index is 12.8. The van der Waals surface area contributed by atoms with Gasteiger partial charge in [0.25, 0.3) is 5.91 Å². The summed E-state index contributed by atoms with van der Waals surface area (Å²) in [4.78, 5) is 25.3. The van der Waals surface area contributed by atoms with Crippen LogP contribution in [0.25, 0.3) is 10.9 Å². The fourth-order valence-electron chi connectivity index (χ4n) is 4.23. The highest BCUT2D eigenvalue weighted by Gasteiger charge is 2.21. The van der Waals surface area contributed by atoms with E-state index in [4.69, 9.17) is 14.2 Å². The smallest absolute Gasteiger partial charge is 0.340 e. The third-order valence-electron chi connectivity index (χ3n) is 5.96. The van der Waals surface area contributed by atoms with Crippen molar-refractivity contribution in [3.63, 3.8) is 0 Å². The molecule has 0 fully saturated rings. The van der Waals surface area contributed by atoms with E-state index in [1.54, 1.807) is 44.4 Å². The van der Waals surface area contributed by atoms with Crippen molar-refractivity contribution in [1.82, 2.24) is 4.57 Å². The Morgan fingerprint density at radius 1 is 0.944 bits per heavy atom. The maximum Gasteiger partial charge on any atom is 0.340 e. The van der Waals surface area contributed by atoms with Gasteiger partial charge in [-0.25, -0.2) is 4.79 Å². The Kier molecular flexibility index (Phi) is 7.90. The quantitative estimate of drug-likeness (QED) is 0.304. The highest BCUT2D eigenvalue weighted by molar-refractivity contribution is 6.06. The molecule has 0 bridgehead atoms. The minimum atomic E-state index is -0.369. The van der Waals surface area contributed by atoms with Gasteiger partial charge in [0.2, 0.25) is 0 Å². The van der Waals surface area contributed by atoms with Crippen LogP contribution in [0.2, 0.25) is 0 Å². The minimum Gasteiger partial charge on any atom is -0.497 e. The zero-order valence-electron chi connectivity index (χ0n) is 20.7. The summed E-state index contributed by atoms with van der Waals surface area (Å²) in [5.41, 5.74) is 4.12.